The van der Waals surface area contributed by atoms with Crippen LogP contribution in [0.15, 0.2) is 85.2 Å². The maximum atomic E-state index is 13.4. The van der Waals surface area contributed by atoms with Crippen molar-refractivity contribution in [1.82, 2.24) is 24.9 Å². The fraction of sp³-hybridized carbons (Fsp3) is 0.458. The van der Waals surface area contributed by atoms with E-state index in [2.05, 4.69) is 30.7 Å². The highest BCUT2D eigenvalue weighted by Gasteiger charge is 2.32. The fourth-order valence-corrected chi connectivity index (χ4v) is 8.87. The minimum atomic E-state index is -0.386. The van der Waals surface area contributed by atoms with Crippen molar-refractivity contribution in [1.29, 1.82) is 0 Å². The molecule has 2 aromatic heterocycles. The first kappa shape index (κ1) is 41.6. The number of methoxy groups -OCH3 is 2. The second-order valence-corrected chi connectivity index (χ2v) is 16.0. The Bertz CT molecular complexity index is 2110. The Morgan fingerprint density at radius 1 is 0.678 bits per heavy atom. The number of amides is 1. The molecule has 0 bridgehead atoms. The summed E-state index contributed by atoms with van der Waals surface area (Å²) in [5.41, 5.74) is 7.59. The van der Waals surface area contributed by atoms with Gasteiger partial charge in [-0.2, -0.15) is 10.2 Å². The number of hydrogen-bond donors (Lipinski definition) is 2. The molecule has 2 atom stereocenters. The summed E-state index contributed by atoms with van der Waals surface area (Å²) in [6.45, 7) is 4.42. The Balaban J connectivity index is 0.989. The molecule has 0 aliphatic heterocycles. The molecule has 312 valence electrons. The number of hydrogen-bond acceptors (Lipinski definition) is 8. The number of rotatable bonds is 17. The van der Waals surface area contributed by atoms with Crippen molar-refractivity contribution in [2.24, 2.45) is 11.8 Å². The number of ether oxygens (including phenoxy) is 3. The van der Waals surface area contributed by atoms with Gasteiger partial charge in [0.05, 0.1) is 49.4 Å². The van der Waals surface area contributed by atoms with Gasteiger partial charge >= 0.3 is 5.97 Å². The Morgan fingerprint density at radius 3 is 1.71 bits per heavy atom. The van der Waals surface area contributed by atoms with Gasteiger partial charge in [-0.3, -0.25) is 9.59 Å². The first-order valence-electron chi connectivity index (χ1n) is 21.7. The van der Waals surface area contributed by atoms with Crippen molar-refractivity contribution >= 4 is 17.6 Å². The van der Waals surface area contributed by atoms with Crippen molar-refractivity contribution in [3.05, 3.63) is 113 Å². The molecule has 7 rings (SSSR count). The quantitative estimate of drug-likeness (QED) is 0.0892. The summed E-state index contributed by atoms with van der Waals surface area (Å²) >= 11 is 0. The van der Waals surface area contributed by atoms with Crippen molar-refractivity contribution in [2.75, 3.05) is 26.1 Å². The second-order valence-electron chi connectivity index (χ2n) is 16.0. The summed E-state index contributed by atoms with van der Waals surface area (Å²) in [4.78, 5) is 26.8. The van der Waals surface area contributed by atoms with E-state index < -0.39 is 0 Å². The van der Waals surface area contributed by atoms with Crippen LogP contribution in [-0.2, 0) is 22.4 Å². The van der Waals surface area contributed by atoms with Crippen LogP contribution >= 0.6 is 0 Å². The molecular weight excluding hydrogens is 741 g/mol. The number of aromatic nitrogens is 4. The molecule has 0 saturated heterocycles. The molecule has 11 heteroatoms. The summed E-state index contributed by atoms with van der Waals surface area (Å²) in [6.07, 6.45) is 16.9. The van der Waals surface area contributed by atoms with Crippen molar-refractivity contribution < 1.29 is 23.8 Å². The van der Waals surface area contributed by atoms with E-state index in [0.29, 0.717) is 11.5 Å². The number of anilines is 1. The largest absolute Gasteiger partial charge is 0.497 e. The van der Waals surface area contributed by atoms with Crippen molar-refractivity contribution in [3.63, 3.8) is 0 Å². The number of esters is 1. The molecule has 5 aromatic rings. The lowest BCUT2D eigenvalue weighted by Crippen LogP contribution is -2.28. The molecule has 0 spiro atoms. The lowest BCUT2D eigenvalue weighted by molar-refractivity contribution is -0.153. The van der Waals surface area contributed by atoms with Crippen LogP contribution in [-0.4, -0.2) is 52.2 Å². The molecule has 0 radical (unpaired) electrons. The van der Waals surface area contributed by atoms with Gasteiger partial charge in [0, 0.05) is 47.2 Å². The van der Waals surface area contributed by atoms with Gasteiger partial charge in [-0.1, -0.05) is 52.4 Å². The van der Waals surface area contributed by atoms with Crippen LogP contribution in [0.2, 0.25) is 0 Å². The van der Waals surface area contributed by atoms with E-state index in [1.807, 2.05) is 88.4 Å². The Hall–Kier alpha value is -5.58. The normalized spacial score (nSPS) is 15.9. The average Bonchev–Trinajstić information content (AvgIpc) is 3.93. The van der Waals surface area contributed by atoms with Gasteiger partial charge in [0.15, 0.2) is 0 Å². The van der Waals surface area contributed by atoms with Crippen LogP contribution in [0.5, 0.6) is 11.5 Å². The van der Waals surface area contributed by atoms with Crippen LogP contribution in [0.4, 0.5) is 5.69 Å². The summed E-state index contributed by atoms with van der Waals surface area (Å²) < 4.78 is 20.9. The van der Waals surface area contributed by atoms with Crippen molar-refractivity contribution in [2.45, 2.75) is 109 Å². The molecule has 11 nitrogen and oxygen atoms in total. The summed E-state index contributed by atoms with van der Waals surface area (Å²) in [6, 6.07) is 23.5. The summed E-state index contributed by atoms with van der Waals surface area (Å²) in [5.74, 6) is 1.75. The molecule has 59 heavy (non-hydrogen) atoms. The average molecular weight is 801 g/mol. The van der Waals surface area contributed by atoms with Gasteiger partial charge in [0.2, 0.25) is 0 Å². The highest BCUT2D eigenvalue weighted by Crippen LogP contribution is 2.40. The van der Waals surface area contributed by atoms with Gasteiger partial charge in [-0.05, 0) is 117 Å². The summed E-state index contributed by atoms with van der Waals surface area (Å²) in [5, 5.41) is 16.7. The van der Waals surface area contributed by atoms with Crippen LogP contribution in [0.25, 0.3) is 11.4 Å². The third kappa shape index (κ3) is 10.2. The van der Waals surface area contributed by atoms with Crippen LogP contribution < -0.4 is 20.1 Å². The van der Waals surface area contributed by atoms with E-state index in [0.717, 1.165) is 96.9 Å². The van der Waals surface area contributed by atoms with E-state index in [1.165, 1.54) is 31.2 Å². The summed E-state index contributed by atoms with van der Waals surface area (Å²) in [7, 11) is 3.33. The van der Waals surface area contributed by atoms with Crippen LogP contribution in [0.1, 0.15) is 129 Å². The monoisotopic (exact) mass is 800 g/mol. The molecule has 1 amide bonds. The molecule has 2 fully saturated rings. The first-order chi connectivity index (χ1) is 28.9. The number of benzene rings is 3. The predicted molar refractivity (Wildman–Crippen MR) is 231 cm³/mol. The molecule has 3 aromatic carbocycles. The van der Waals surface area contributed by atoms with Gasteiger partial charge < -0.3 is 24.8 Å². The van der Waals surface area contributed by atoms with Gasteiger partial charge in [-0.15, -0.1) is 0 Å². The van der Waals surface area contributed by atoms with Crippen LogP contribution in [0, 0.1) is 11.8 Å². The Kier molecular flexibility index (Phi) is 14.0. The smallest absolute Gasteiger partial charge is 0.308 e. The standard InChI is InChI=1S/C48H60N6O5/c1-5-43-41(31-53(51-43)37-21-25-39(57-3)26-22-37)46(33-13-9-7-10-14-33)50-36-19-17-35(18-20-36)48(56)49-30-29-45(55)59-47(34-15-11-8-12-16-34)42-32-54(52-44(42)6-2)38-23-27-40(58-4)28-24-38/h17-28,31-34,46-47,50H,5-16,29-30H2,1-4H3,(H,49,56). The third-order valence-corrected chi connectivity index (χ3v) is 12.2. The maximum absolute atomic E-state index is 13.4. The zero-order valence-corrected chi connectivity index (χ0v) is 35.1. The van der Waals surface area contributed by atoms with Crippen molar-refractivity contribution in [3.8, 4) is 22.9 Å². The highest BCUT2D eigenvalue weighted by atomic mass is 16.5. The molecule has 2 aliphatic carbocycles. The third-order valence-electron chi connectivity index (χ3n) is 12.2. The van der Waals surface area contributed by atoms with Crippen LogP contribution in [0.3, 0.4) is 0 Å². The minimum absolute atomic E-state index is 0.0791. The molecule has 2 aliphatic rings. The number of nitrogens with zero attached hydrogens (tertiary/aromatic N) is 4. The topological polar surface area (TPSA) is 122 Å². The number of nitrogens with one attached hydrogen (secondary N) is 2. The van der Waals surface area contributed by atoms with E-state index in [1.54, 1.807) is 14.2 Å². The van der Waals surface area contributed by atoms with E-state index in [9.17, 15) is 9.59 Å². The van der Waals surface area contributed by atoms with Gasteiger partial charge in [0.1, 0.15) is 17.6 Å². The highest BCUT2D eigenvalue weighted by molar-refractivity contribution is 5.94. The Labute approximate surface area is 348 Å². The van der Waals surface area contributed by atoms with Gasteiger partial charge in [-0.25, -0.2) is 9.36 Å². The molecule has 2 saturated carbocycles. The zero-order valence-electron chi connectivity index (χ0n) is 35.1. The van der Waals surface area contributed by atoms with E-state index >= 15 is 0 Å². The molecule has 2 unspecified atom stereocenters. The Morgan fingerprint density at radius 2 is 1.19 bits per heavy atom. The number of carbonyl (C=O) groups is 2. The number of carbonyl (C=O) groups excluding carboxylic acids is 2. The molecule has 2 N–H and O–H groups in total. The maximum Gasteiger partial charge on any atom is 0.308 e. The van der Waals surface area contributed by atoms with Gasteiger partial charge in [0.25, 0.3) is 5.91 Å². The fourth-order valence-electron chi connectivity index (χ4n) is 8.87. The number of aryl methyl sites for hydroxylation is 2. The lowest BCUT2D eigenvalue weighted by Gasteiger charge is -2.32. The predicted octanol–water partition coefficient (Wildman–Crippen LogP) is 9.92. The molecular formula is C48H60N6O5. The van der Waals surface area contributed by atoms with E-state index in [4.69, 9.17) is 24.4 Å². The SMILES string of the molecule is CCc1nn(-c2ccc(OC)cc2)cc1C(Nc1ccc(C(=O)NCCC(=O)OC(c2cn(-c3ccc(OC)cc3)nc2CC)C2CCCCC2)cc1)C1CCCCC1. The molecule has 2 heterocycles. The zero-order chi connectivity index (χ0) is 41.1. The van der Waals surface area contributed by atoms with E-state index in [-0.39, 0.29) is 42.9 Å². The first-order valence-corrected chi connectivity index (χ1v) is 21.7. The minimum Gasteiger partial charge on any atom is -0.497 e. The lowest BCUT2D eigenvalue weighted by atomic mass is 9.81. The second kappa shape index (κ2) is 19.9.